The Kier molecular flexibility index (Phi) is 7.53. The Bertz CT molecular complexity index is 614. The highest BCUT2D eigenvalue weighted by Crippen LogP contribution is 2.25. The zero-order valence-corrected chi connectivity index (χ0v) is 16.7. The molecule has 1 amide bonds. The highest BCUT2D eigenvalue weighted by atomic mass is 16.5. The Balaban J connectivity index is 1.49. The van der Waals surface area contributed by atoms with Gasteiger partial charge in [-0.3, -0.25) is 9.69 Å². The minimum absolute atomic E-state index is 0.00437. The van der Waals surface area contributed by atoms with Gasteiger partial charge < -0.3 is 14.7 Å². The summed E-state index contributed by atoms with van der Waals surface area (Å²) in [6.07, 6.45) is 6.48. The molecule has 0 spiro atoms. The average molecular weight is 375 g/mol. The van der Waals surface area contributed by atoms with Crippen molar-refractivity contribution in [2.24, 2.45) is 5.92 Å². The SMILES string of the molecule is CCOc1ccc(CN2CCC[C@@H](CCC(=O)N3CCCC3)C2)cc1CO. The van der Waals surface area contributed by atoms with Crippen molar-refractivity contribution < 1.29 is 14.6 Å². The van der Waals surface area contributed by atoms with Gasteiger partial charge in [0, 0.05) is 38.2 Å². The van der Waals surface area contributed by atoms with Crippen LogP contribution in [0.3, 0.4) is 0 Å². The molecular weight excluding hydrogens is 340 g/mol. The Morgan fingerprint density at radius 1 is 1.22 bits per heavy atom. The van der Waals surface area contributed by atoms with E-state index in [0.29, 0.717) is 24.9 Å². The summed E-state index contributed by atoms with van der Waals surface area (Å²) in [5, 5.41) is 9.60. The van der Waals surface area contributed by atoms with Crippen LogP contribution in [0.5, 0.6) is 5.75 Å². The molecule has 1 aromatic rings. The van der Waals surface area contributed by atoms with Crippen molar-refractivity contribution in [2.75, 3.05) is 32.8 Å². The minimum Gasteiger partial charge on any atom is -0.494 e. The van der Waals surface area contributed by atoms with E-state index in [0.717, 1.165) is 50.5 Å². The van der Waals surface area contributed by atoms with E-state index in [-0.39, 0.29) is 6.61 Å². The van der Waals surface area contributed by atoms with E-state index in [4.69, 9.17) is 4.74 Å². The van der Waals surface area contributed by atoms with Crippen LogP contribution in [-0.4, -0.2) is 53.6 Å². The molecule has 5 nitrogen and oxygen atoms in total. The Hall–Kier alpha value is -1.59. The van der Waals surface area contributed by atoms with Gasteiger partial charge in [-0.2, -0.15) is 0 Å². The molecule has 1 aromatic carbocycles. The Morgan fingerprint density at radius 2 is 2.04 bits per heavy atom. The molecule has 2 aliphatic heterocycles. The molecule has 0 unspecified atom stereocenters. The Labute approximate surface area is 163 Å². The first-order valence-electron chi connectivity index (χ1n) is 10.5. The van der Waals surface area contributed by atoms with Crippen LogP contribution in [-0.2, 0) is 17.9 Å². The topological polar surface area (TPSA) is 53.0 Å². The highest BCUT2D eigenvalue weighted by molar-refractivity contribution is 5.76. The summed E-state index contributed by atoms with van der Waals surface area (Å²) in [5.74, 6) is 1.75. The Morgan fingerprint density at radius 3 is 2.78 bits per heavy atom. The fourth-order valence-corrected chi connectivity index (χ4v) is 4.39. The second-order valence-corrected chi connectivity index (χ2v) is 7.90. The fraction of sp³-hybridized carbons (Fsp3) is 0.682. The van der Waals surface area contributed by atoms with Gasteiger partial charge in [-0.25, -0.2) is 0 Å². The van der Waals surface area contributed by atoms with Crippen molar-refractivity contribution in [3.63, 3.8) is 0 Å². The molecule has 1 N–H and O–H groups in total. The monoisotopic (exact) mass is 374 g/mol. The molecule has 150 valence electrons. The van der Waals surface area contributed by atoms with Gasteiger partial charge in [0.15, 0.2) is 0 Å². The maximum absolute atomic E-state index is 12.3. The zero-order valence-electron chi connectivity index (χ0n) is 16.7. The van der Waals surface area contributed by atoms with Gasteiger partial charge in [0.1, 0.15) is 5.75 Å². The van der Waals surface area contributed by atoms with Crippen LogP contribution in [0.25, 0.3) is 0 Å². The first-order chi connectivity index (χ1) is 13.2. The lowest BCUT2D eigenvalue weighted by Gasteiger charge is -2.33. The van der Waals surface area contributed by atoms with E-state index in [1.165, 1.54) is 31.2 Å². The molecule has 1 atom stereocenters. The molecule has 0 aliphatic carbocycles. The summed E-state index contributed by atoms with van der Waals surface area (Å²) >= 11 is 0. The average Bonchev–Trinajstić information content (AvgIpc) is 3.23. The molecule has 2 fully saturated rings. The highest BCUT2D eigenvalue weighted by Gasteiger charge is 2.23. The summed E-state index contributed by atoms with van der Waals surface area (Å²) in [4.78, 5) is 16.8. The van der Waals surface area contributed by atoms with Crippen LogP contribution in [0.2, 0.25) is 0 Å². The number of ether oxygens (including phenoxy) is 1. The zero-order chi connectivity index (χ0) is 19.1. The van der Waals surface area contributed by atoms with Gasteiger partial charge in [0.2, 0.25) is 5.91 Å². The predicted molar refractivity (Wildman–Crippen MR) is 107 cm³/mol. The van der Waals surface area contributed by atoms with Crippen LogP contribution in [0.15, 0.2) is 18.2 Å². The van der Waals surface area contributed by atoms with Crippen LogP contribution in [0.4, 0.5) is 0 Å². The fourth-order valence-electron chi connectivity index (χ4n) is 4.39. The number of hydrogen-bond acceptors (Lipinski definition) is 4. The number of carbonyl (C=O) groups excluding carboxylic acids is 1. The number of aliphatic hydroxyl groups excluding tert-OH is 1. The maximum atomic E-state index is 12.3. The van der Waals surface area contributed by atoms with Crippen LogP contribution >= 0.6 is 0 Å². The minimum atomic E-state index is 0.00437. The van der Waals surface area contributed by atoms with Gasteiger partial charge in [-0.15, -0.1) is 0 Å². The molecule has 0 aromatic heterocycles. The summed E-state index contributed by atoms with van der Waals surface area (Å²) in [5.41, 5.74) is 2.08. The van der Waals surface area contributed by atoms with Crippen molar-refractivity contribution in [3.05, 3.63) is 29.3 Å². The van der Waals surface area contributed by atoms with E-state index in [9.17, 15) is 9.90 Å². The number of carbonyl (C=O) groups is 1. The molecule has 2 saturated heterocycles. The number of benzene rings is 1. The largest absolute Gasteiger partial charge is 0.494 e. The van der Waals surface area contributed by atoms with Crippen molar-refractivity contribution in [3.8, 4) is 5.75 Å². The predicted octanol–water partition coefficient (Wildman–Crippen LogP) is 3.19. The van der Waals surface area contributed by atoms with Crippen LogP contribution < -0.4 is 4.74 Å². The van der Waals surface area contributed by atoms with E-state index in [1.54, 1.807) is 0 Å². The first kappa shape index (κ1) is 20.2. The molecule has 0 radical (unpaired) electrons. The van der Waals surface area contributed by atoms with E-state index >= 15 is 0 Å². The third-order valence-corrected chi connectivity index (χ3v) is 5.83. The third-order valence-electron chi connectivity index (χ3n) is 5.83. The molecule has 2 aliphatic rings. The summed E-state index contributed by atoms with van der Waals surface area (Å²) < 4.78 is 5.58. The number of amides is 1. The van der Waals surface area contributed by atoms with Gasteiger partial charge in [-0.05, 0) is 69.2 Å². The molecule has 0 saturated carbocycles. The number of rotatable bonds is 8. The van der Waals surface area contributed by atoms with Crippen LogP contribution in [0, 0.1) is 5.92 Å². The van der Waals surface area contributed by atoms with Gasteiger partial charge in [0.25, 0.3) is 0 Å². The summed E-state index contributed by atoms with van der Waals surface area (Å²) in [6, 6.07) is 6.14. The lowest BCUT2D eigenvalue weighted by atomic mass is 9.92. The lowest BCUT2D eigenvalue weighted by molar-refractivity contribution is -0.130. The van der Waals surface area contributed by atoms with E-state index in [2.05, 4.69) is 17.0 Å². The molecule has 27 heavy (non-hydrogen) atoms. The van der Waals surface area contributed by atoms with Crippen molar-refractivity contribution in [1.29, 1.82) is 0 Å². The lowest BCUT2D eigenvalue weighted by Crippen LogP contribution is -2.36. The van der Waals surface area contributed by atoms with Gasteiger partial charge in [0.05, 0.1) is 13.2 Å². The maximum Gasteiger partial charge on any atom is 0.222 e. The van der Waals surface area contributed by atoms with Crippen molar-refractivity contribution in [1.82, 2.24) is 9.80 Å². The molecule has 0 bridgehead atoms. The normalized spacial score (nSPS) is 20.8. The third kappa shape index (κ3) is 5.69. The van der Waals surface area contributed by atoms with E-state index < -0.39 is 0 Å². The van der Waals surface area contributed by atoms with Crippen molar-refractivity contribution >= 4 is 5.91 Å². The number of piperidine rings is 1. The summed E-state index contributed by atoms with van der Waals surface area (Å²) in [7, 11) is 0. The van der Waals surface area contributed by atoms with Gasteiger partial charge in [-0.1, -0.05) is 6.07 Å². The number of nitrogens with zero attached hydrogens (tertiary/aromatic N) is 2. The van der Waals surface area contributed by atoms with Gasteiger partial charge >= 0.3 is 0 Å². The number of aliphatic hydroxyl groups is 1. The molecule has 5 heteroatoms. The molecule has 2 heterocycles. The second kappa shape index (κ2) is 10.1. The number of likely N-dealkylation sites (tertiary alicyclic amines) is 2. The second-order valence-electron chi connectivity index (χ2n) is 7.90. The molecule has 3 rings (SSSR count). The van der Waals surface area contributed by atoms with Crippen molar-refractivity contribution in [2.45, 2.75) is 58.6 Å². The number of hydrogen-bond donors (Lipinski definition) is 1. The quantitative estimate of drug-likeness (QED) is 0.759. The summed E-state index contributed by atoms with van der Waals surface area (Å²) in [6.45, 7) is 7.56. The van der Waals surface area contributed by atoms with E-state index in [1.807, 2.05) is 17.9 Å². The smallest absolute Gasteiger partial charge is 0.222 e. The first-order valence-corrected chi connectivity index (χ1v) is 10.5. The standard InChI is InChI=1S/C22H34N2O3/c1-2-27-21-9-7-19(14-20(21)17-25)16-23-11-5-6-18(15-23)8-10-22(26)24-12-3-4-13-24/h7,9,14,18,25H,2-6,8,10-13,15-17H2,1H3/t18-/m0/s1. The molecular formula is C22H34N2O3. The van der Waals surface area contributed by atoms with Crippen LogP contribution in [0.1, 0.15) is 56.6 Å².